The van der Waals surface area contributed by atoms with Gasteiger partial charge in [-0.25, -0.2) is 0 Å². The van der Waals surface area contributed by atoms with Crippen molar-refractivity contribution >= 4 is 40.4 Å². The van der Waals surface area contributed by atoms with Gasteiger partial charge in [-0.05, 0) is 63.1 Å². The molecule has 9 nitrogen and oxygen atoms in total. The van der Waals surface area contributed by atoms with Gasteiger partial charge < -0.3 is 9.80 Å². The number of Topliss-reactive ketones (excluding diaryl/α,β-unsaturated/α-hetero) is 1. The Morgan fingerprint density at radius 3 is 1.28 bits per heavy atom. The van der Waals surface area contributed by atoms with E-state index in [-0.39, 0.29) is 30.3 Å². The molecule has 2 aromatic heterocycles. The summed E-state index contributed by atoms with van der Waals surface area (Å²) in [5.41, 5.74) is 1.80. The molecule has 6 rings (SSSR count). The van der Waals surface area contributed by atoms with E-state index < -0.39 is 45.9 Å². The quantitative estimate of drug-likeness (QED) is 0.156. The second kappa shape index (κ2) is 15.8. The molecule has 2 aliphatic rings. The number of aryl methyl sites for hydroxylation is 2. The van der Waals surface area contributed by atoms with Crippen LogP contribution in [-0.4, -0.2) is 99.6 Å². The molecule has 54 heavy (non-hydrogen) atoms. The van der Waals surface area contributed by atoms with Gasteiger partial charge in [0, 0.05) is 63.7 Å². The SMILES string of the molecule is Cc1cccc(N2CCN(C(Cn3nc(C(F)(F)F)c(Cl)c3C)C(=O)C(Cn3nc(C(F)(F)F)c(Cl)c3C)N3CCN(c4cccc(C)c4)CC3)CC2)c1. The van der Waals surface area contributed by atoms with Crippen molar-refractivity contribution in [3.63, 3.8) is 0 Å². The van der Waals surface area contributed by atoms with Gasteiger partial charge in [0.1, 0.15) is 0 Å². The minimum Gasteiger partial charge on any atom is -0.369 e. The maximum atomic E-state index is 15.1. The third-order valence-corrected chi connectivity index (χ3v) is 11.3. The van der Waals surface area contributed by atoms with Crippen molar-refractivity contribution in [1.29, 1.82) is 0 Å². The molecule has 2 fully saturated rings. The van der Waals surface area contributed by atoms with Crippen LogP contribution in [0.1, 0.15) is 33.9 Å². The van der Waals surface area contributed by atoms with Crippen LogP contribution in [0.25, 0.3) is 0 Å². The molecule has 292 valence electrons. The number of carbonyl (C=O) groups excluding carboxylic acids is 1. The Morgan fingerprint density at radius 2 is 0.981 bits per heavy atom. The first-order valence-corrected chi connectivity index (χ1v) is 18.4. The van der Waals surface area contributed by atoms with Gasteiger partial charge in [0.2, 0.25) is 0 Å². The summed E-state index contributed by atoms with van der Waals surface area (Å²) in [5.74, 6) is -0.373. The maximum Gasteiger partial charge on any atom is 0.436 e. The van der Waals surface area contributed by atoms with Crippen LogP contribution >= 0.6 is 23.2 Å². The van der Waals surface area contributed by atoms with Crippen molar-refractivity contribution < 1.29 is 31.1 Å². The Hall–Kier alpha value is -3.79. The lowest BCUT2D eigenvalue weighted by molar-refractivity contribution is -0.142. The summed E-state index contributed by atoms with van der Waals surface area (Å²) in [7, 11) is 0. The Bertz CT molecular complexity index is 1820. The van der Waals surface area contributed by atoms with Gasteiger partial charge in [0.25, 0.3) is 0 Å². The highest BCUT2D eigenvalue weighted by Crippen LogP contribution is 2.37. The van der Waals surface area contributed by atoms with E-state index in [1.54, 1.807) is 0 Å². The number of carbonyl (C=O) groups is 1. The number of alkyl halides is 6. The van der Waals surface area contributed by atoms with E-state index in [1.807, 2.05) is 60.0 Å². The van der Waals surface area contributed by atoms with Gasteiger partial charge in [-0.1, -0.05) is 47.5 Å². The smallest absolute Gasteiger partial charge is 0.369 e. The number of hydrogen-bond acceptors (Lipinski definition) is 7. The Morgan fingerprint density at radius 1 is 0.630 bits per heavy atom. The van der Waals surface area contributed by atoms with Crippen molar-refractivity contribution in [1.82, 2.24) is 29.4 Å². The fraction of sp³-hybridized carbons (Fsp3) is 0.486. The predicted octanol–water partition coefficient (Wildman–Crippen LogP) is 7.31. The third-order valence-electron chi connectivity index (χ3n) is 10.4. The average Bonchev–Trinajstić information content (AvgIpc) is 3.58. The monoisotopic (exact) mass is 798 g/mol. The highest BCUT2D eigenvalue weighted by molar-refractivity contribution is 6.32. The van der Waals surface area contributed by atoms with Crippen LogP contribution in [0.3, 0.4) is 0 Å². The molecule has 0 spiro atoms. The first-order valence-electron chi connectivity index (χ1n) is 17.7. The van der Waals surface area contributed by atoms with Gasteiger partial charge in [-0.3, -0.25) is 24.0 Å². The molecule has 0 radical (unpaired) electrons. The summed E-state index contributed by atoms with van der Waals surface area (Å²) in [6.07, 6.45) is -9.64. The number of anilines is 2. The summed E-state index contributed by atoms with van der Waals surface area (Å²) >= 11 is 12.3. The van der Waals surface area contributed by atoms with Crippen LogP contribution in [0.2, 0.25) is 10.0 Å². The molecule has 0 saturated carbocycles. The maximum absolute atomic E-state index is 15.1. The van der Waals surface area contributed by atoms with E-state index in [0.717, 1.165) is 31.9 Å². The molecule has 2 saturated heterocycles. The molecule has 17 heteroatoms. The normalized spacial score (nSPS) is 17.6. The molecular formula is C37H42Cl2F6N8O. The minimum atomic E-state index is -4.82. The topological polar surface area (TPSA) is 65.7 Å². The molecule has 2 aliphatic heterocycles. The highest BCUT2D eigenvalue weighted by Gasteiger charge is 2.43. The largest absolute Gasteiger partial charge is 0.436 e. The zero-order valence-electron chi connectivity index (χ0n) is 30.4. The van der Waals surface area contributed by atoms with Crippen LogP contribution < -0.4 is 9.80 Å². The van der Waals surface area contributed by atoms with Gasteiger partial charge >= 0.3 is 12.4 Å². The van der Waals surface area contributed by atoms with Crippen LogP contribution in [-0.2, 0) is 30.2 Å². The van der Waals surface area contributed by atoms with Gasteiger partial charge in [-0.2, -0.15) is 36.5 Å². The standard InChI is InChI=1S/C37H42Cl2F6N8O/c1-23-7-5-9-27(19-23)48-11-15-50(16-12-48)29(21-52-25(3)31(38)34(46-52)36(40,41)42)33(54)30(22-53-26(4)32(39)35(47-53)37(43,44)45)51-17-13-49(14-18-51)28-10-6-8-24(2)20-28/h5-10,19-20,29-30H,11-18,21-22H2,1-4H3. The van der Waals surface area contributed by atoms with Crippen LogP contribution in [0.15, 0.2) is 48.5 Å². The molecule has 0 amide bonds. The minimum absolute atomic E-state index is 0.0491. The molecule has 0 aliphatic carbocycles. The number of rotatable bonds is 10. The number of nitrogens with zero attached hydrogens (tertiary/aromatic N) is 8. The predicted molar refractivity (Wildman–Crippen MR) is 196 cm³/mol. The van der Waals surface area contributed by atoms with Gasteiger partial charge in [0.15, 0.2) is 17.2 Å². The van der Waals surface area contributed by atoms with Crippen molar-refractivity contribution in [2.45, 2.75) is 65.2 Å². The van der Waals surface area contributed by atoms with E-state index in [2.05, 4.69) is 32.1 Å². The van der Waals surface area contributed by atoms with Crippen molar-refractivity contribution in [3.8, 4) is 0 Å². The van der Waals surface area contributed by atoms with Crippen LogP contribution in [0, 0.1) is 27.7 Å². The van der Waals surface area contributed by atoms with Crippen molar-refractivity contribution in [3.05, 3.63) is 92.5 Å². The first kappa shape index (κ1) is 39.9. The number of ketones is 1. The van der Waals surface area contributed by atoms with Gasteiger partial charge in [-0.15, -0.1) is 0 Å². The Balaban J connectivity index is 1.35. The third kappa shape index (κ3) is 8.53. The lowest BCUT2D eigenvalue weighted by Gasteiger charge is -2.43. The number of piperazine rings is 2. The number of benzene rings is 2. The van der Waals surface area contributed by atoms with E-state index in [4.69, 9.17) is 23.2 Å². The van der Waals surface area contributed by atoms with Crippen molar-refractivity contribution in [2.75, 3.05) is 62.2 Å². The zero-order chi connectivity index (χ0) is 39.1. The summed E-state index contributed by atoms with van der Waals surface area (Å²) in [4.78, 5) is 23.4. The molecule has 2 aromatic carbocycles. The van der Waals surface area contributed by atoms with E-state index in [9.17, 15) is 26.3 Å². The fourth-order valence-corrected chi connectivity index (χ4v) is 7.80. The molecule has 0 bridgehead atoms. The van der Waals surface area contributed by atoms with Crippen LogP contribution in [0.5, 0.6) is 0 Å². The molecule has 2 atom stereocenters. The molecule has 4 aromatic rings. The summed E-state index contributed by atoms with van der Waals surface area (Å²) < 4.78 is 85.7. The second-order valence-electron chi connectivity index (χ2n) is 14.0. The summed E-state index contributed by atoms with van der Waals surface area (Å²) in [6, 6.07) is 14.0. The summed E-state index contributed by atoms with van der Waals surface area (Å²) in [6.45, 7) is 10.0. The highest BCUT2D eigenvalue weighted by atomic mass is 35.5. The van der Waals surface area contributed by atoms with E-state index >= 15 is 4.79 Å². The van der Waals surface area contributed by atoms with E-state index in [0.29, 0.717) is 52.4 Å². The Kier molecular flexibility index (Phi) is 11.6. The summed E-state index contributed by atoms with van der Waals surface area (Å²) in [5, 5.41) is 6.54. The second-order valence-corrected chi connectivity index (χ2v) is 14.8. The fourth-order valence-electron chi connectivity index (χ4n) is 7.32. The Labute approximate surface area is 320 Å². The number of halogens is 8. The lowest BCUT2D eigenvalue weighted by Crippen LogP contribution is -2.61. The number of aromatic nitrogens is 4. The number of hydrogen-bond donors (Lipinski definition) is 0. The zero-order valence-corrected chi connectivity index (χ0v) is 31.9. The van der Waals surface area contributed by atoms with Gasteiger partial charge in [0.05, 0.1) is 46.6 Å². The lowest BCUT2D eigenvalue weighted by atomic mass is 9.99. The molecular weight excluding hydrogens is 757 g/mol. The van der Waals surface area contributed by atoms with E-state index in [1.165, 1.54) is 13.8 Å². The first-order chi connectivity index (χ1) is 25.4. The molecule has 2 unspecified atom stereocenters. The van der Waals surface area contributed by atoms with Crippen molar-refractivity contribution in [2.24, 2.45) is 0 Å². The van der Waals surface area contributed by atoms with Crippen LogP contribution in [0.4, 0.5) is 37.7 Å². The molecule has 4 heterocycles. The average molecular weight is 800 g/mol. The molecule has 0 N–H and O–H groups in total.